The summed E-state index contributed by atoms with van der Waals surface area (Å²) in [6.45, 7) is 6.62. The molecule has 3 aliphatic rings. The number of pyridine rings is 1. The molecule has 2 saturated heterocycles. The predicted octanol–water partition coefficient (Wildman–Crippen LogP) is 7.18. The Labute approximate surface area is 371 Å². The van der Waals surface area contributed by atoms with Crippen molar-refractivity contribution in [2.24, 2.45) is 5.41 Å². The van der Waals surface area contributed by atoms with Crippen LogP contribution in [0.2, 0.25) is 5.02 Å². The molecule has 8 rings (SSSR count). The Hall–Kier alpha value is -5.53. The van der Waals surface area contributed by atoms with Crippen LogP contribution in [0.15, 0.2) is 102 Å². The molecule has 16 nitrogen and oxygen atoms in total. The maximum absolute atomic E-state index is 14.4. The first-order chi connectivity index (χ1) is 30.0. The van der Waals surface area contributed by atoms with Gasteiger partial charge in [0.25, 0.3) is 21.6 Å². The minimum atomic E-state index is -4.71. The zero-order valence-corrected chi connectivity index (χ0v) is 37.4. The number of rotatable bonds is 13. The SMILES string of the molecule is CC1(C)CC=C(C(c2ccc(Cl)cc2)C2CNCCN2c2cccc(C(=O)NS(=O)(=O)c3ccc(N[C@@H]4CCN(S(C)(=O)=O)C4)c([N+](=O)[O-])c3)c2Oc2cnc3[nH]ccc3c2)CC1. The van der Waals surface area contributed by atoms with Crippen LogP contribution in [0.4, 0.5) is 17.1 Å². The van der Waals surface area contributed by atoms with Crippen molar-refractivity contribution in [2.75, 3.05) is 49.2 Å². The third-order valence-electron chi connectivity index (χ3n) is 12.1. The summed E-state index contributed by atoms with van der Waals surface area (Å²) < 4.78 is 62.1. The second-order valence-corrected chi connectivity index (χ2v) is 21.2. The molecule has 3 atom stereocenters. The first-order valence-electron chi connectivity index (χ1n) is 20.7. The van der Waals surface area contributed by atoms with Gasteiger partial charge in [0.15, 0.2) is 5.75 Å². The van der Waals surface area contributed by atoms with Gasteiger partial charge in [-0.15, -0.1) is 0 Å². The number of nitro groups is 1. The van der Waals surface area contributed by atoms with E-state index in [1.165, 1.54) is 28.2 Å². The highest BCUT2D eigenvalue weighted by atomic mass is 35.5. The van der Waals surface area contributed by atoms with E-state index in [2.05, 4.69) is 62.3 Å². The van der Waals surface area contributed by atoms with Crippen LogP contribution in [0, 0.1) is 15.5 Å². The summed E-state index contributed by atoms with van der Waals surface area (Å²) in [4.78, 5) is 35.2. The van der Waals surface area contributed by atoms with Crippen LogP contribution in [0.5, 0.6) is 11.5 Å². The number of nitrogens with one attached hydrogen (secondary N) is 4. The number of hydrogen-bond acceptors (Lipinski definition) is 12. The molecule has 2 fully saturated rings. The molecule has 332 valence electrons. The van der Waals surface area contributed by atoms with Gasteiger partial charge in [-0.05, 0) is 85.2 Å². The first-order valence-corrected chi connectivity index (χ1v) is 24.4. The number of fused-ring (bicyclic) bond motifs is 1. The molecule has 0 spiro atoms. The monoisotopic (exact) mass is 916 g/mol. The summed E-state index contributed by atoms with van der Waals surface area (Å²) in [6.07, 6.45) is 9.95. The molecule has 2 unspecified atom stereocenters. The molecule has 5 aromatic rings. The molecule has 19 heteroatoms. The number of piperazine rings is 1. The van der Waals surface area contributed by atoms with Gasteiger partial charge in [-0.2, -0.15) is 0 Å². The van der Waals surface area contributed by atoms with Crippen LogP contribution in [-0.4, -0.2) is 93.0 Å². The second-order valence-electron chi connectivity index (χ2n) is 17.1. The molecule has 3 aromatic carbocycles. The third-order valence-corrected chi connectivity index (χ3v) is 15.0. The lowest BCUT2D eigenvalue weighted by Crippen LogP contribution is -2.54. The van der Waals surface area contributed by atoms with Crippen molar-refractivity contribution in [2.45, 2.75) is 62.4 Å². The quantitative estimate of drug-likeness (QED) is 0.0526. The minimum Gasteiger partial charge on any atom is -0.453 e. The molecule has 2 aromatic heterocycles. The number of carbonyl (C=O) groups excluding carboxylic acids is 1. The molecule has 0 bridgehead atoms. The van der Waals surface area contributed by atoms with Gasteiger partial charge in [0.2, 0.25) is 10.0 Å². The number of ether oxygens (including phenoxy) is 1. The molecule has 63 heavy (non-hydrogen) atoms. The van der Waals surface area contributed by atoms with Gasteiger partial charge in [0, 0.05) is 67.4 Å². The van der Waals surface area contributed by atoms with E-state index in [0.29, 0.717) is 48.2 Å². The number of H-pyrrole nitrogens is 1. The topological polar surface area (TPSA) is 209 Å². The van der Waals surface area contributed by atoms with Crippen LogP contribution in [0.3, 0.4) is 0 Å². The Morgan fingerprint density at radius 2 is 1.86 bits per heavy atom. The fourth-order valence-corrected chi connectivity index (χ4v) is 10.7. The Kier molecular flexibility index (Phi) is 12.3. The van der Waals surface area contributed by atoms with Crippen molar-refractivity contribution in [3.05, 3.63) is 123 Å². The van der Waals surface area contributed by atoms with E-state index in [1.807, 2.05) is 24.3 Å². The minimum absolute atomic E-state index is 0.0113. The van der Waals surface area contributed by atoms with Crippen LogP contribution in [-0.2, 0) is 20.0 Å². The van der Waals surface area contributed by atoms with Gasteiger partial charge < -0.3 is 25.3 Å². The van der Waals surface area contributed by atoms with Crippen LogP contribution >= 0.6 is 11.6 Å². The third kappa shape index (κ3) is 9.69. The van der Waals surface area contributed by atoms with Crippen LogP contribution in [0.25, 0.3) is 11.0 Å². The lowest BCUT2D eigenvalue weighted by Gasteiger charge is -2.45. The summed E-state index contributed by atoms with van der Waals surface area (Å²) in [5.41, 5.74) is 3.11. The number of aromatic nitrogens is 2. The van der Waals surface area contributed by atoms with E-state index in [9.17, 15) is 31.7 Å². The number of sulfonamides is 2. The van der Waals surface area contributed by atoms with Crippen molar-refractivity contribution in [1.82, 2.24) is 24.3 Å². The summed E-state index contributed by atoms with van der Waals surface area (Å²) in [5.74, 6) is -0.675. The number of nitrogens with zero attached hydrogens (tertiary/aromatic N) is 4. The Morgan fingerprint density at radius 3 is 2.57 bits per heavy atom. The van der Waals surface area contributed by atoms with E-state index in [-0.39, 0.29) is 47.5 Å². The molecule has 1 aliphatic carbocycles. The largest absolute Gasteiger partial charge is 0.453 e. The molecule has 1 amide bonds. The van der Waals surface area contributed by atoms with Gasteiger partial charge in [-0.25, -0.2) is 30.8 Å². The standard InChI is InChI=1S/C44H49ClN8O8S2/c1-44(2)17-13-29(14-18-44)40(28-7-9-31(45)10-8-28)39-26-46-20-22-52(39)37-6-4-5-35(41(37)61-33-23-30-15-19-47-42(30)48-25-33)43(54)50-63(59,60)34-11-12-36(38(24-34)53(55)56)49-32-16-21-51(27-32)62(3,57)58/h4-13,15,19,23-25,32,39-40,46,49H,14,16-18,20-22,26-27H2,1-3H3,(H,47,48)(H,50,54)/t32-,39?,40?/m1/s1. The van der Waals surface area contributed by atoms with E-state index < -0.39 is 47.5 Å². The molecule has 4 heterocycles. The summed E-state index contributed by atoms with van der Waals surface area (Å²) in [6, 6.07) is 19.2. The average Bonchev–Trinajstić information content (AvgIpc) is 3.92. The fraction of sp³-hybridized carbons (Fsp3) is 0.364. The summed E-state index contributed by atoms with van der Waals surface area (Å²) in [5, 5.41) is 20.2. The van der Waals surface area contributed by atoms with Gasteiger partial charge in [-0.3, -0.25) is 14.9 Å². The maximum Gasteiger partial charge on any atom is 0.293 e. The Balaban J connectivity index is 1.16. The molecule has 0 saturated carbocycles. The number of aromatic amines is 1. The lowest BCUT2D eigenvalue weighted by molar-refractivity contribution is -0.384. The number of carbonyl (C=O) groups is 1. The lowest BCUT2D eigenvalue weighted by atomic mass is 9.72. The number of nitro benzene ring substituents is 1. The number of allylic oxidation sites excluding steroid dienone is 1. The summed E-state index contributed by atoms with van der Waals surface area (Å²) in [7, 11) is -8.17. The Morgan fingerprint density at radius 1 is 1.06 bits per heavy atom. The van der Waals surface area contributed by atoms with Crippen molar-refractivity contribution >= 4 is 65.7 Å². The highest BCUT2D eigenvalue weighted by Gasteiger charge is 2.38. The first kappa shape index (κ1) is 44.1. The Bertz CT molecular complexity index is 2820. The highest BCUT2D eigenvalue weighted by Crippen LogP contribution is 2.45. The molecular formula is C44H49ClN8O8S2. The number of hydrogen-bond donors (Lipinski definition) is 4. The van der Waals surface area contributed by atoms with E-state index in [1.54, 1.807) is 18.3 Å². The average molecular weight is 918 g/mol. The second kappa shape index (κ2) is 17.6. The zero-order chi connectivity index (χ0) is 44.7. The molecule has 0 radical (unpaired) electrons. The smallest absolute Gasteiger partial charge is 0.293 e. The number of para-hydroxylation sites is 1. The number of halogens is 1. The number of amides is 1. The number of anilines is 2. The molecule has 2 aliphatic heterocycles. The van der Waals surface area contributed by atoms with E-state index in [0.717, 1.165) is 48.6 Å². The van der Waals surface area contributed by atoms with Crippen molar-refractivity contribution in [1.29, 1.82) is 0 Å². The van der Waals surface area contributed by atoms with Gasteiger partial charge in [0.1, 0.15) is 17.1 Å². The highest BCUT2D eigenvalue weighted by molar-refractivity contribution is 7.90. The molecule has 4 N–H and O–H groups in total. The van der Waals surface area contributed by atoms with Crippen LogP contribution in [0.1, 0.15) is 61.4 Å². The normalized spacial score (nSPS) is 19.9. The van der Waals surface area contributed by atoms with Crippen molar-refractivity contribution < 1.29 is 31.3 Å². The molecular weight excluding hydrogens is 868 g/mol. The van der Waals surface area contributed by atoms with Gasteiger partial charge >= 0.3 is 0 Å². The predicted molar refractivity (Wildman–Crippen MR) is 243 cm³/mol. The van der Waals surface area contributed by atoms with Crippen molar-refractivity contribution in [3.8, 4) is 11.5 Å². The zero-order valence-electron chi connectivity index (χ0n) is 35.0. The van der Waals surface area contributed by atoms with Crippen LogP contribution < -0.4 is 25.0 Å². The van der Waals surface area contributed by atoms with E-state index >= 15 is 0 Å². The fourth-order valence-electron chi connectivity index (χ4n) is 8.74. The van der Waals surface area contributed by atoms with Gasteiger partial charge in [0.05, 0.1) is 39.6 Å². The number of benzene rings is 3. The maximum atomic E-state index is 14.4. The van der Waals surface area contributed by atoms with Gasteiger partial charge in [-0.1, -0.05) is 55.3 Å². The summed E-state index contributed by atoms with van der Waals surface area (Å²) >= 11 is 6.39. The van der Waals surface area contributed by atoms with Crippen molar-refractivity contribution in [3.63, 3.8) is 0 Å². The van der Waals surface area contributed by atoms with E-state index in [4.69, 9.17) is 16.3 Å².